The standard InChI is InChI=1S/C37H73NO3/c1-3-5-7-9-11-13-15-17-18-19-20-21-23-25-27-29-31-33-37(41)38-35(34-39)36(40)32-30-28-26-24-22-16-14-12-10-8-6-4-2/h22,24,35-36,39-40H,3-21,23,25-34H2,1-2H3,(H,38,41)/b24-22+/t35-,36+/m0/s1. The number of carbonyl (C=O) groups excluding carboxylic acids is 1. The minimum atomic E-state index is -0.674. The molecule has 244 valence electrons. The minimum absolute atomic E-state index is 0.0401. The van der Waals surface area contributed by atoms with Gasteiger partial charge in [-0.05, 0) is 38.5 Å². The summed E-state index contributed by atoms with van der Waals surface area (Å²) >= 11 is 0. The van der Waals surface area contributed by atoms with Crippen molar-refractivity contribution in [3.8, 4) is 0 Å². The lowest BCUT2D eigenvalue weighted by Gasteiger charge is -2.22. The Labute approximate surface area is 256 Å². The molecule has 0 radical (unpaired) electrons. The maximum Gasteiger partial charge on any atom is 0.220 e. The molecule has 0 bridgehead atoms. The Morgan fingerprint density at radius 1 is 0.561 bits per heavy atom. The fourth-order valence-corrected chi connectivity index (χ4v) is 5.65. The molecule has 4 heteroatoms. The van der Waals surface area contributed by atoms with Gasteiger partial charge in [0.1, 0.15) is 0 Å². The van der Waals surface area contributed by atoms with Crippen molar-refractivity contribution >= 4 is 5.91 Å². The molecule has 0 aliphatic carbocycles. The number of hydrogen-bond donors (Lipinski definition) is 3. The SMILES string of the molecule is CCCCCCCC/C=C/CCCC[C@@H](O)[C@H](CO)NC(=O)CCCCCCCCCCCCCCCCCCC. The number of carbonyl (C=O) groups is 1. The van der Waals surface area contributed by atoms with Crippen LogP contribution in [-0.2, 0) is 4.79 Å². The number of aliphatic hydroxyl groups is 2. The fourth-order valence-electron chi connectivity index (χ4n) is 5.65. The molecule has 0 aromatic heterocycles. The lowest BCUT2D eigenvalue weighted by molar-refractivity contribution is -0.123. The zero-order valence-corrected chi connectivity index (χ0v) is 27.8. The van der Waals surface area contributed by atoms with Crippen LogP contribution in [-0.4, -0.2) is 34.9 Å². The summed E-state index contributed by atoms with van der Waals surface area (Å²) in [5.74, 6) is -0.0401. The summed E-state index contributed by atoms with van der Waals surface area (Å²) in [4.78, 5) is 12.3. The quantitative estimate of drug-likeness (QED) is 0.0535. The van der Waals surface area contributed by atoms with Crippen LogP contribution in [0.1, 0.15) is 200 Å². The smallest absolute Gasteiger partial charge is 0.220 e. The topological polar surface area (TPSA) is 69.6 Å². The summed E-state index contributed by atoms with van der Waals surface area (Å²) in [7, 11) is 0. The van der Waals surface area contributed by atoms with Gasteiger partial charge in [-0.15, -0.1) is 0 Å². The molecule has 0 saturated carbocycles. The van der Waals surface area contributed by atoms with Gasteiger partial charge in [-0.3, -0.25) is 4.79 Å². The van der Waals surface area contributed by atoms with Crippen LogP contribution in [0.3, 0.4) is 0 Å². The summed E-state index contributed by atoms with van der Waals surface area (Å²) < 4.78 is 0. The van der Waals surface area contributed by atoms with Crippen LogP contribution in [0.25, 0.3) is 0 Å². The van der Waals surface area contributed by atoms with Crippen molar-refractivity contribution in [2.45, 2.75) is 212 Å². The third kappa shape index (κ3) is 30.4. The second-order valence-corrected chi connectivity index (χ2v) is 12.6. The van der Waals surface area contributed by atoms with Crippen molar-refractivity contribution in [2.75, 3.05) is 6.61 Å². The van der Waals surface area contributed by atoms with Crippen LogP contribution in [0.15, 0.2) is 12.2 Å². The second-order valence-electron chi connectivity index (χ2n) is 12.6. The highest BCUT2D eigenvalue weighted by atomic mass is 16.3. The van der Waals surface area contributed by atoms with Gasteiger partial charge in [0.25, 0.3) is 0 Å². The molecule has 0 aliphatic heterocycles. The van der Waals surface area contributed by atoms with Gasteiger partial charge in [-0.2, -0.15) is 0 Å². The molecule has 0 aromatic rings. The lowest BCUT2D eigenvalue weighted by Crippen LogP contribution is -2.45. The van der Waals surface area contributed by atoms with Gasteiger partial charge < -0.3 is 15.5 Å². The van der Waals surface area contributed by atoms with E-state index in [1.54, 1.807) is 0 Å². The van der Waals surface area contributed by atoms with E-state index >= 15 is 0 Å². The van der Waals surface area contributed by atoms with Gasteiger partial charge >= 0.3 is 0 Å². The third-order valence-corrected chi connectivity index (χ3v) is 8.53. The zero-order valence-electron chi connectivity index (χ0n) is 27.8. The van der Waals surface area contributed by atoms with E-state index in [2.05, 4.69) is 31.3 Å². The summed E-state index contributed by atoms with van der Waals surface area (Å²) in [6.07, 6.45) is 39.8. The lowest BCUT2D eigenvalue weighted by atomic mass is 10.0. The van der Waals surface area contributed by atoms with Gasteiger partial charge in [0, 0.05) is 6.42 Å². The second kappa shape index (κ2) is 33.6. The number of amides is 1. The van der Waals surface area contributed by atoms with E-state index in [0.717, 1.165) is 32.1 Å². The van der Waals surface area contributed by atoms with Crippen LogP contribution < -0.4 is 5.32 Å². The van der Waals surface area contributed by atoms with Gasteiger partial charge in [0.15, 0.2) is 0 Å². The van der Waals surface area contributed by atoms with E-state index in [4.69, 9.17) is 0 Å². The van der Waals surface area contributed by atoms with E-state index in [1.165, 1.54) is 141 Å². The van der Waals surface area contributed by atoms with Crippen molar-refractivity contribution in [1.29, 1.82) is 0 Å². The van der Waals surface area contributed by atoms with Gasteiger partial charge in [0.05, 0.1) is 18.8 Å². The normalized spacial score (nSPS) is 13.2. The molecular formula is C37H73NO3. The first kappa shape index (κ1) is 40.1. The molecule has 0 aromatic carbocycles. The van der Waals surface area contributed by atoms with Gasteiger partial charge in [0.2, 0.25) is 5.91 Å². The maximum absolute atomic E-state index is 12.3. The van der Waals surface area contributed by atoms with Gasteiger partial charge in [-0.1, -0.05) is 167 Å². The first-order chi connectivity index (χ1) is 20.2. The number of unbranched alkanes of at least 4 members (excludes halogenated alkanes) is 24. The highest BCUT2D eigenvalue weighted by molar-refractivity contribution is 5.76. The number of rotatable bonds is 33. The molecule has 0 unspecified atom stereocenters. The highest BCUT2D eigenvalue weighted by Gasteiger charge is 2.19. The minimum Gasteiger partial charge on any atom is -0.394 e. The summed E-state index contributed by atoms with van der Waals surface area (Å²) in [5, 5.41) is 23.0. The average Bonchev–Trinajstić information content (AvgIpc) is 2.97. The number of nitrogens with one attached hydrogen (secondary N) is 1. The van der Waals surface area contributed by atoms with Crippen molar-refractivity contribution in [3.05, 3.63) is 12.2 Å². The van der Waals surface area contributed by atoms with Crippen molar-refractivity contribution < 1.29 is 15.0 Å². The maximum atomic E-state index is 12.3. The van der Waals surface area contributed by atoms with Gasteiger partial charge in [-0.25, -0.2) is 0 Å². The van der Waals surface area contributed by atoms with Crippen molar-refractivity contribution in [3.63, 3.8) is 0 Å². The van der Waals surface area contributed by atoms with Crippen molar-refractivity contribution in [1.82, 2.24) is 5.32 Å². The van der Waals surface area contributed by atoms with E-state index in [-0.39, 0.29) is 12.5 Å². The number of aliphatic hydroxyl groups excluding tert-OH is 2. The van der Waals surface area contributed by atoms with E-state index in [0.29, 0.717) is 12.8 Å². The predicted molar refractivity (Wildman–Crippen MR) is 179 cm³/mol. The molecule has 4 nitrogen and oxygen atoms in total. The van der Waals surface area contributed by atoms with Crippen LogP contribution in [0.4, 0.5) is 0 Å². The third-order valence-electron chi connectivity index (χ3n) is 8.53. The summed E-state index contributed by atoms with van der Waals surface area (Å²) in [5.41, 5.74) is 0. The molecule has 0 spiro atoms. The van der Waals surface area contributed by atoms with Crippen LogP contribution >= 0.6 is 0 Å². The Balaban J connectivity index is 3.55. The molecule has 2 atom stereocenters. The molecular weight excluding hydrogens is 506 g/mol. The Morgan fingerprint density at radius 3 is 1.34 bits per heavy atom. The molecule has 1 amide bonds. The Morgan fingerprint density at radius 2 is 0.927 bits per heavy atom. The fraction of sp³-hybridized carbons (Fsp3) is 0.919. The molecule has 0 aliphatic rings. The monoisotopic (exact) mass is 580 g/mol. The van der Waals surface area contributed by atoms with Crippen LogP contribution in [0, 0.1) is 0 Å². The summed E-state index contributed by atoms with van der Waals surface area (Å²) in [6, 6.07) is -0.545. The average molecular weight is 580 g/mol. The first-order valence-corrected chi connectivity index (χ1v) is 18.4. The molecule has 41 heavy (non-hydrogen) atoms. The Kier molecular flexibility index (Phi) is 32.9. The molecule has 0 heterocycles. The molecule has 0 rings (SSSR count). The summed E-state index contributed by atoms with van der Waals surface area (Å²) in [6.45, 7) is 4.33. The van der Waals surface area contributed by atoms with E-state index < -0.39 is 12.1 Å². The first-order valence-electron chi connectivity index (χ1n) is 18.4. The molecule has 0 fully saturated rings. The highest BCUT2D eigenvalue weighted by Crippen LogP contribution is 2.15. The van der Waals surface area contributed by atoms with Crippen molar-refractivity contribution in [2.24, 2.45) is 0 Å². The van der Waals surface area contributed by atoms with Crippen LogP contribution in [0.2, 0.25) is 0 Å². The van der Waals surface area contributed by atoms with E-state index in [1.807, 2.05) is 0 Å². The van der Waals surface area contributed by atoms with E-state index in [9.17, 15) is 15.0 Å². The number of hydrogen-bond acceptors (Lipinski definition) is 3. The predicted octanol–water partition coefficient (Wildman–Crippen LogP) is 10.7. The molecule has 0 saturated heterocycles. The number of allylic oxidation sites excluding steroid dienone is 2. The Bertz CT molecular complexity index is 550. The molecule has 3 N–H and O–H groups in total. The largest absolute Gasteiger partial charge is 0.394 e. The van der Waals surface area contributed by atoms with Crippen LogP contribution in [0.5, 0.6) is 0 Å². The zero-order chi connectivity index (χ0) is 30.1. The Hall–Kier alpha value is -0.870.